The number of hydrogen-bond donors (Lipinski definition) is 1. The van der Waals surface area contributed by atoms with Gasteiger partial charge in [0.25, 0.3) is 0 Å². The standard InChI is InChI=1S/C15H19N3/c1-11-3-6-15(18-10-12(2)8-17-18)13(7-11)9-16-14-4-5-14/h3,6-8,10,14,16H,4-5,9H2,1-2H3. The second kappa shape index (κ2) is 4.58. The summed E-state index contributed by atoms with van der Waals surface area (Å²) in [5.74, 6) is 0. The van der Waals surface area contributed by atoms with Crippen molar-refractivity contribution in [2.45, 2.75) is 39.3 Å². The number of benzene rings is 1. The van der Waals surface area contributed by atoms with Crippen LogP contribution in [0.5, 0.6) is 0 Å². The molecule has 1 fully saturated rings. The Hall–Kier alpha value is -1.61. The summed E-state index contributed by atoms with van der Waals surface area (Å²) in [7, 11) is 0. The van der Waals surface area contributed by atoms with Gasteiger partial charge in [-0.15, -0.1) is 0 Å². The smallest absolute Gasteiger partial charge is 0.0690 e. The summed E-state index contributed by atoms with van der Waals surface area (Å²) in [4.78, 5) is 0. The molecule has 0 spiro atoms. The van der Waals surface area contributed by atoms with E-state index in [1.54, 1.807) is 0 Å². The van der Waals surface area contributed by atoms with Gasteiger partial charge in [0.1, 0.15) is 0 Å². The van der Waals surface area contributed by atoms with E-state index >= 15 is 0 Å². The van der Waals surface area contributed by atoms with Gasteiger partial charge in [-0.05, 0) is 43.9 Å². The molecule has 94 valence electrons. The van der Waals surface area contributed by atoms with E-state index < -0.39 is 0 Å². The van der Waals surface area contributed by atoms with Crippen molar-refractivity contribution in [1.29, 1.82) is 0 Å². The molecule has 1 aliphatic carbocycles. The minimum atomic E-state index is 0.734. The number of hydrogen-bond acceptors (Lipinski definition) is 2. The van der Waals surface area contributed by atoms with Crippen LogP contribution in [-0.2, 0) is 6.54 Å². The molecule has 2 aromatic rings. The minimum absolute atomic E-state index is 0.734. The first-order valence-electron chi connectivity index (χ1n) is 6.57. The van der Waals surface area contributed by atoms with Crippen LogP contribution in [-0.4, -0.2) is 15.8 Å². The fourth-order valence-electron chi connectivity index (χ4n) is 2.17. The average molecular weight is 241 g/mol. The van der Waals surface area contributed by atoms with Gasteiger partial charge >= 0.3 is 0 Å². The Bertz CT molecular complexity index is 553. The Morgan fingerprint density at radius 1 is 1.28 bits per heavy atom. The van der Waals surface area contributed by atoms with Gasteiger partial charge in [0, 0.05) is 18.8 Å². The summed E-state index contributed by atoms with van der Waals surface area (Å²) >= 11 is 0. The van der Waals surface area contributed by atoms with Gasteiger partial charge in [0.2, 0.25) is 0 Å². The number of rotatable bonds is 4. The summed E-state index contributed by atoms with van der Waals surface area (Å²) in [5, 5.41) is 7.98. The van der Waals surface area contributed by atoms with Crippen LogP contribution in [0.4, 0.5) is 0 Å². The first-order valence-corrected chi connectivity index (χ1v) is 6.57. The third-order valence-electron chi connectivity index (χ3n) is 3.35. The van der Waals surface area contributed by atoms with Crippen molar-refractivity contribution in [2.24, 2.45) is 0 Å². The van der Waals surface area contributed by atoms with Gasteiger partial charge in [0.15, 0.2) is 0 Å². The van der Waals surface area contributed by atoms with Crippen LogP contribution in [0.2, 0.25) is 0 Å². The molecule has 0 bridgehead atoms. The summed E-state index contributed by atoms with van der Waals surface area (Å²) in [5.41, 5.74) is 5.00. The van der Waals surface area contributed by atoms with Gasteiger partial charge in [-0.2, -0.15) is 5.10 Å². The van der Waals surface area contributed by atoms with E-state index in [0.717, 1.165) is 12.6 Å². The molecule has 1 heterocycles. The van der Waals surface area contributed by atoms with Gasteiger partial charge < -0.3 is 5.32 Å². The highest BCUT2D eigenvalue weighted by molar-refractivity contribution is 5.43. The monoisotopic (exact) mass is 241 g/mol. The summed E-state index contributed by atoms with van der Waals surface area (Å²) in [6.45, 7) is 5.14. The van der Waals surface area contributed by atoms with E-state index in [1.807, 2.05) is 10.9 Å². The second-order valence-corrected chi connectivity index (χ2v) is 5.25. The summed E-state index contributed by atoms with van der Waals surface area (Å²) in [6.07, 6.45) is 6.62. The van der Waals surface area contributed by atoms with E-state index in [1.165, 1.54) is 35.2 Å². The molecule has 0 amide bonds. The molecule has 1 aromatic heterocycles. The maximum atomic E-state index is 4.41. The van der Waals surface area contributed by atoms with Gasteiger partial charge in [-0.3, -0.25) is 0 Å². The molecule has 3 heteroatoms. The van der Waals surface area contributed by atoms with E-state index in [2.05, 4.69) is 48.7 Å². The Morgan fingerprint density at radius 3 is 2.78 bits per heavy atom. The third kappa shape index (κ3) is 2.46. The van der Waals surface area contributed by atoms with Crippen molar-refractivity contribution in [3.05, 3.63) is 47.3 Å². The zero-order valence-corrected chi connectivity index (χ0v) is 11.0. The van der Waals surface area contributed by atoms with Crippen molar-refractivity contribution < 1.29 is 0 Å². The summed E-state index contributed by atoms with van der Waals surface area (Å²) < 4.78 is 1.97. The Morgan fingerprint density at radius 2 is 2.11 bits per heavy atom. The molecule has 0 unspecified atom stereocenters. The zero-order chi connectivity index (χ0) is 12.5. The molecule has 1 aliphatic rings. The molecule has 0 aliphatic heterocycles. The molecule has 1 N–H and O–H groups in total. The van der Waals surface area contributed by atoms with Crippen molar-refractivity contribution >= 4 is 0 Å². The van der Waals surface area contributed by atoms with E-state index in [4.69, 9.17) is 0 Å². The highest BCUT2D eigenvalue weighted by Gasteiger charge is 2.20. The van der Waals surface area contributed by atoms with Crippen molar-refractivity contribution in [3.8, 4) is 5.69 Å². The Kier molecular flexibility index (Phi) is 2.92. The molecule has 3 rings (SSSR count). The number of aromatic nitrogens is 2. The number of nitrogens with one attached hydrogen (secondary N) is 1. The van der Waals surface area contributed by atoms with Crippen molar-refractivity contribution in [3.63, 3.8) is 0 Å². The Labute approximate surface area is 108 Å². The summed E-state index contributed by atoms with van der Waals surface area (Å²) in [6, 6.07) is 7.29. The lowest BCUT2D eigenvalue weighted by atomic mass is 10.1. The van der Waals surface area contributed by atoms with Crippen LogP contribution in [0.3, 0.4) is 0 Å². The van der Waals surface area contributed by atoms with Gasteiger partial charge in [-0.1, -0.05) is 17.7 Å². The quantitative estimate of drug-likeness (QED) is 0.892. The lowest BCUT2D eigenvalue weighted by Crippen LogP contribution is -2.17. The predicted octanol–water partition coefficient (Wildman–Crippen LogP) is 2.74. The normalized spacial score (nSPS) is 15.0. The van der Waals surface area contributed by atoms with Gasteiger partial charge in [-0.25, -0.2) is 4.68 Å². The number of nitrogens with zero attached hydrogens (tertiary/aromatic N) is 2. The maximum Gasteiger partial charge on any atom is 0.0690 e. The van der Waals surface area contributed by atoms with Crippen LogP contribution < -0.4 is 5.32 Å². The minimum Gasteiger partial charge on any atom is -0.310 e. The highest BCUT2D eigenvalue weighted by Crippen LogP contribution is 2.21. The van der Waals surface area contributed by atoms with E-state index in [0.29, 0.717) is 0 Å². The highest BCUT2D eigenvalue weighted by atomic mass is 15.3. The van der Waals surface area contributed by atoms with Gasteiger partial charge in [0.05, 0.1) is 11.9 Å². The molecule has 1 aromatic carbocycles. The fourth-order valence-corrected chi connectivity index (χ4v) is 2.17. The molecular formula is C15H19N3. The molecule has 0 saturated heterocycles. The van der Waals surface area contributed by atoms with Crippen molar-refractivity contribution in [2.75, 3.05) is 0 Å². The van der Waals surface area contributed by atoms with Crippen LogP contribution in [0.15, 0.2) is 30.6 Å². The Balaban J connectivity index is 1.91. The van der Waals surface area contributed by atoms with E-state index in [-0.39, 0.29) is 0 Å². The fraction of sp³-hybridized carbons (Fsp3) is 0.400. The number of aryl methyl sites for hydroxylation is 2. The second-order valence-electron chi connectivity index (χ2n) is 5.25. The van der Waals surface area contributed by atoms with E-state index in [9.17, 15) is 0 Å². The third-order valence-corrected chi connectivity index (χ3v) is 3.35. The predicted molar refractivity (Wildman–Crippen MR) is 72.9 cm³/mol. The lowest BCUT2D eigenvalue weighted by molar-refractivity contribution is 0.681. The van der Waals surface area contributed by atoms with Crippen LogP contribution >= 0.6 is 0 Å². The molecule has 0 radical (unpaired) electrons. The van der Waals surface area contributed by atoms with Crippen LogP contribution in [0.25, 0.3) is 5.69 Å². The first-order chi connectivity index (χ1) is 8.72. The topological polar surface area (TPSA) is 29.9 Å². The molecular weight excluding hydrogens is 222 g/mol. The molecule has 18 heavy (non-hydrogen) atoms. The SMILES string of the molecule is Cc1ccc(-n2cc(C)cn2)c(CNC2CC2)c1. The average Bonchev–Trinajstić information content (AvgIpc) is 3.08. The van der Waals surface area contributed by atoms with Crippen LogP contribution in [0.1, 0.15) is 29.5 Å². The zero-order valence-electron chi connectivity index (χ0n) is 11.0. The first kappa shape index (κ1) is 11.5. The van der Waals surface area contributed by atoms with Crippen molar-refractivity contribution in [1.82, 2.24) is 15.1 Å². The molecule has 0 atom stereocenters. The maximum absolute atomic E-state index is 4.41. The molecule has 3 nitrogen and oxygen atoms in total. The molecule has 1 saturated carbocycles. The largest absolute Gasteiger partial charge is 0.310 e. The van der Waals surface area contributed by atoms with Crippen LogP contribution in [0, 0.1) is 13.8 Å². The lowest BCUT2D eigenvalue weighted by Gasteiger charge is -2.11.